The lowest BCUT2D eigenvalue weighted by Gasteiger charge is -2.36. The van der Waals surface area contributed by atoms with Crippen molar-refractivity contribution in [2.24, 2.45) is 0 Å². The molecule has 0 saturated heterocycles. The lowest BCUT2D eigenvalue weighted by Crippen LogP contribution is -2.47. The molecule has 156 valence electrons. The number of methoxy groups -OCH3 is 1. The Labute approximate surface area is 175 Å². The molecule has 0 radical (unpaired) electrons. The highest BCUT2D eigenvalue weighted by Gasteiger charge is 2.24. The largest absolute Gasteiger partial charge is 0.454 e. The van der Waals surface area contributed by atoms with Crippen LogP contribution in [0.3, 0.4) is 0 Å². The molecule has 2 N–H and O–H groups in total. The van der Waals surface area contributed by atoms with Crippen LogP contribution in [0, 0.1) is 0 Å². The summed E-state index contributed by atoms with van der Waals surface area (Å²) < 4.78 is 16.0. The highest BCUT2D eigenvalue weighted by molar-refractivity contribution is 7.80. The summed E-state index contributed by atoms with van der Waals surface area (Å²) in [6.07, 6.45) is 5.84. The molecule has 0 amide bonds. The quantitative estimate of drug-likeness (QED) is 0.553. The number of nitrogens with zero attached hydrogens (tertiary/aromatic N) is 1. The number of nitrogens with one attached hydrogen (secondary N) is 2. The van der Waals surface area contributed by atoms with Crippen LogP contribution in [-0.4, -0.2) is 48.1 Å². The van der Waals surface area contributed by atoms with E-state index < -0.39 is 0 Å². The third-order valence-electron chi connectivity index (χ3n) is 5.61. The third-order valence-corrected chi connectivity index (χ3v) is 5.99. The number of fused-ring (bicyclic) bond motifs is 2. The molecule has 1 saturated carbocycles. The van der Waals surface area contributed by atoms with E-state index in [4.69, 9.17) is 26.4 Å². The average Bonchev–Trinajstić information content (AvgIpc) is 3.18. The maximum absolute atomic E-state index is 12.8. The van der Waals surface area contributed by atoms with Crippen LogP contribution in [0.4, 0.5) is 0 Å². The molecule has 1 fully saturated rings. The molecular weight excluding hydrogens is 390 g/mol. The molecule has 7 nitrogen and oxygen atoms in total. The van der Waals surface area contributed by atoms with Crippen molar-refractivity contribution in [3.05, 3.63) is 34.1 Å². The first-order valence-electron chi connectivity index (χ1n) is 10.1. The van der Waals surface area contributed by atoms with Crippen LogP contribution in [0.25, 0.3) is 10.9 Å². The summed E-state index contributed by atoms with van der Waals surface area (Å²) >= 11 is 5.68. The standard InChI is InChI=1S/C21H27N3O4S/c1-26-8-7-22-21(29)24(16-5-3-2-4-6-16)12-15-9-14-10-18-19(28-13-27-18)11-17(14)23-20(15)25/h9-11,16H,2-8,12-13H2,1H3,(H,22,29)(H,23,25). The number of ether oxygens (including phenoxy) is 3. The van der Waals surface area contributed by atoms with Crippen LogP contribution < -0.4 is 20.3 Å². The number of thiocarbonyl (C=S) groups is 1. The number of H-pyrrole nitrogens is 1. The fraction of sp³-hybridized carbons (Fsp3) is 0.524. The first kappa shape index (κ1) is 20.0. The van der Waals surface area contributed by atoms with E-state index in [9.17, 15) is 4.79 Å². The van der Waals surface area contributed by atoms with Gasteiger partial charge in [0.2, 0.25) is 6.79 Å². The molecule has 1 aromatic heterocycles. The summed E-state index contributed by atoms with van der Waals surface area (Å²) in [5, 5.41) is 4.88. The minimum atomic E-state index is -0.100. The lowest BCUT2D eigenvalue weighted by atomic mass is 9.94. The summed E-state index contributed by atoms with van der Waals surface area (Å²) in [5.74, 6) is 1.37. The van der Waals surface area contributed by atoms with Gasteiger partial charge in [0.25, 0.3) is 5.56 Å². The van der Waals surface area contributed by atoms with E-state index in [1.54, 1.807) is 7.11 Å². The van der Waals surface area contributed by atoms with E-state index in [1.165, 1.54) is 19.3 Å². The first-order valence-corrected chi connectivity index (χ1v) is 10.6. The van der Waals surface area contributed by atoms with Gasteiger partial charge >= 0.3 is 0 Å². The van der Waals surface area contributed by atoms with E-state index in [2.05, 4.69) is 15.2 Å². The normalized spacial score (nSPS) is 16.2. The van der Waals surface area contributed by atoms with Crippen molar-refractivity contribution in [3.8, 4) is 11.5 Å². The summed E-state index contributed by atoms with van der Waals surface area (Å²) in [5.41, 5.74) is 1.34. The van der Waals surface area contributed by atoms with Gasteiger partial charge < -0.3 is 29.4 Å². The molecule has 8 heteroatoms. The molecule has 2 aliphatic rings. The van der Waals surface area contributed by atoms with Gasteiger partial charge in [-0.2, -0.15) is 0 Å². The number of hydrogen-bond donors (Lipinski definition) is 2. The minimum absolute atomic E-state index is 0.100. The fourth-order valence-corrected chi connectivity index (χ4v) is 4.38. The van der Waals surface area contributed by atoms with Crippen LogP contribution in [0.15, 0.2) is 23.0 Å². The van der Waals surface area contributed by atoms with Crippen molar-refractivity contribution in [1.82, 2.24) is 15.2 Å². The van der Waals surface area contributed by atoms with Gasteiger partial charge in [0, 0.05) is 36.7 Å². The van der Waals surface area contributed by atoms with Gasteiger partial charge in [-0.15, -0.1) is 0 Å². The SMILES string of the molecule is COCCNC(=S)N(Cc1cc2cc3c(cc2[nH]c1=O)OCO3)C1CCCCC1. The summed E-state index contributed by atoms with van der Waals surface area (Å²) in [6, 6.07) is 6.01. The predicted octanol–water partition coefficient (Wildman–Crippen LogP) is 2.91. The number of rotatable bonds is 6. The Balaban J connectivity index is 1.60. The maximum Gasteiger partial charge on any atom is 0.253 e. The van der Waals surface area contributed by atoms with Gasteiger partial charge in [0.1, 0.15) is 0 Å². The van der Waals surface area contributed by atoms with E-state index in [-0.39, 0.29) is 12.4 Å². The van der Waals surface area contributed by atoms with E-state index in [1.807, 2.05) is 18.2 Å². The molecule has 4 rings (SSSR count). The number of aromatic nitrogens is 1. The molecule has 0 bridgehead atoms. The summed E-state index contributed by atoms with van der Waals surface area (Å²) in [7, 11) is 1.67. The fourth-order valence-electron chi connectivity index (χ4n) is 4.06. The number of benzene rings is 1. The molecule has 1 aromatic carbocycles. The van der Waals surface area contributed by atoms with Gasteiger partial charge in [-0.25, -0.2) is 0 Å². The Morgan fingerprint density at radius 1 is 1.24 bits per heavy atom. The molecule has 2 aromatic rings. The zero-order valence-electron chi connectivity index (χ0n) is 16.7. The molecule has 1 aliphatic heterocycles. The second-order valence-corrected chi connectivity index (χ2v) is 7.95. The Kier molecular flexibility index (Phi) is 6.20. The summed E-state index contributed by atoms with van der Waals surface area (Å²) in [6.45, 7) is 1.92. The molecule has 0 atom stereocenters. The topological polar surface area (TPSA) is 75.8 Å². The number of aromatic amines is 1. The Morgan fingerprint density at radius 2 is 2.00 bits per heavy atom. The Hall–Kier alpha value is -2.32. The third kappa shape index (κ3) is 4.48. The van der Waals surface area contributed by atoms with Crippen molar-refractivity contribution in [3.63, 3.8) is 0 Å². The maximum atomic E-state index is 12.8. The monoisotopic (exact) mass is 417 g/mol. The van der Waals surface area contributed by atoms with Crippen molar-refractivity contribution >= 4 is 28.2 Å². The van der Waals surface area contributed by atoms with Crippen molar-refractivity contribution in [2.45, 2.75) is 44.7 Å². The van der Waals surface area contributed by atoms with Crippen molar-refractivity contribution in [1.29, 1.82) is 0 Å². The van der Waals surface area contributed by atoms with Crippen molar-refractivity contribution in [2.75, 3.05) is 27.1 Å². The average molecular weight is 418 g/mol. The molecule has 1 aliphatic carbocycles. The van der Waals surface area contributed by atoms with Gasteiger partial charge in [-0.3, -0.25) is 4.79 Å². The Bertz CT molecular complexity index is 939. The van der Waals surface area contributed by atoms with Gasteiger partial charge in [0.15, 0.2) is 16.6 Å². The number of hydrogen-bond acceptors (Lipinski definition) is 5. The van der Waals surface area contributed by atoms with Gasteiger partial charge in [0.05, 0.1) is 18.7 Å². The minimum Gasteiger partial charge on any atom is -0.454 e. The smallest absolute Gasteiger partial charge is 0.253 e. The van der Waals surface area contributed by atoms with Crippen LogP contribution in [0.2, 0.25) is 0 Å². The van der Waals surface area contributed by atoms with Crippen LogP contribution in [-0.2, 0) is 11.3 Å². The van der Waals surface area contributed by atoms with E-state index >= 15 is 0 Å². The van der Waals surface area contributed by atoms with Gasteiger partial charge in [-0.1, -0.05) is 19.3 Å². The van der Waals surface area contributed by atoms with Gasteiger partial charge in [-0.05, 0) is 37.2 Å². The van der Waals surface area contributed by atoms with Crippen LogP contribution in [0.1, 0.15) is 37.7 Å². The highest BCUT2D eigenvalue weighted by atomic mass is 32.1. The lowest BCUT2D eigenvalue weighted by molar-refractivity contribution is 0.174. The van der Waals surface area contributed by atoms with E-state index in [0.717, 1.165) is 23.7 Å². The molecule has 0 spiro atoms. The molecule has 29 heavy (non-hydrogen) atoms. The predicted molar refractivity (Wildman–Crippen MR) is 116 cm³/mol. The summed E-state index contributed by atoms with van der Waals surface area (Å²) in [4.78, 5) is 18.0. The van der Waals surface area contributed by atoms with Crippen LogP contribution in [0.5, 0.6) is 11.5 Å². The zero-order chi connectivity index (χ0) is 20.2. The molecule has 0 unspecified atom stereocenters. The first-order chi connectivity index (χ1) is 14.2. The highest BCUT2D eigenvalue weighted by Crippen LogP contribution is 2.35. The Morgan fingerprint density at radius 3 is 2.76 bits per heavy atom. The van der Waals surface area contributed by atoms with Crippen molar-refractivity contribution < 1.29 is 14.2 Å². The molecular formula is C21H27N3O4S. The zero-order valence-corrected chi connectivity index (χ0v) is 17.5. The second kappa shape index (κ2) is 9.00. The van der Waals surface area contributed by atoms with Crippen LogP contribution >= 0.6 is 12.2 Å². The van der Waals surface area contributed by atoms with E-state index in [0.29, 0.717) is 47.9 Å². The number of pyridine rings is 1. The molecule has 2 heterocycles. The second-order valence-electron chi connectivity index (χ2n) is 7.56.